The van der Waals surface area contributed by atoms with Crippen LogP contribution in [0.1, 0.15) is 23.1 Å². The van der Waals surface area contributed by atoms with Crippen molar-refractivity contribution in [1.82, 2.24) is 0 Å². The molecule has 1 N–H and O–H groups in total. The van der Waals surface area contributed by atoms with Crippen molar-refractivity contribution >= 4 is 51.3 Å². The zero-order valence-electron chi connectivity index (χ0n) is 20.8. The van der Waals surface area contributed by atoms with Crippen molar-refractivity contribution in [1.29, 1.82) is 0 Å². The van der Waals surface area contributed by atoms with Crippen molar-refractivity contribution in [3.63, 3.8) is 0 Å². The normalized spacial score (nSPS) is 13.7. The van der Waals surface area contributed by atoms with E-state index in [1.54, 1.807) is 0 Å². The first-order valence-corrected chi connectivity index (χ1v) is 12.6. The topological polar surface area (TPSA) is 90.8 Å². The van der Waals surface area contributed by atoms with E-state index in [0.717, 1.165) is 33.2 Å². The second-order valence-corrected chi connectivity index (χ2v) is 9.57. The van der Waals surface area contributed by atoms with Gasteiger partial charge in [0.2, 0.25) is 0 Å². The number of nitrogens with one attached hydrogen (secondary N) is 1. The molecule has 4 aromatic carbocycles. The number of thioether (sulfide) groups is 1. The molecule has 0 saturated carbocycles. The summed E-state index contributed by atoms with van der Waals surface area (Å²) in [7, 11) is 0. The number of carboxylic acid groups (broad SMARTS) is 1. The fraction of sp³-hybridized carbons (Fsp3) is 0.100. The largest absolute Gasteiger partial charge is 1.00 e. The molecule has 5 rings (SSSR count). The van der Waals surface area contributed by atoms with Crippen LogP contribution in [0.15, 0.2) is 101 Å². The fourth-order valence-electron chi connectivity index (χ4n) is 3.94. The third-order valence-corrected chi connectivity index (χ3v) is 6.74. The van der Waals surface area contributed by atoms with Crippen LogP contribution in [-0.4, -0.2) is 17.0 Å². The summed E-state index contributed by atoms with van der Waals surface area (Å²) in [6, 6.07) is 29.3. The smallest absolute Gasteiger partial charge is 0.550 e. The number of aliphatic carboxylic acids is 1. The summed E-state index contributed by atoms with van der Waals surface area (Å²) >= 11 is 1.26. The van der Waals surface area contributed by atoms with Gasteiger partial charge < -0.3 is 20.0 Å². The summed E-state index contributed by atoms with van der Waals surface area (Å²) in [5.74, 6) is -0.700. The number of ether oxygens (including phenoxy) is 1. The molecule has 0 spiro atoms. The minimum absolute atomic E-state index is 0. The summed E-state index contributed by atoms with van der Waals surface area (Å²) in [5, 5.41) is 16.4. The summed E-state index contributed by atoms with van der Waals surface area (Å²) in [5.41, 5.74) is 3.52. The SMILES string of the molecule is O=C([O-])CCc1ccc(NC2=NC(=O)C(=Cc3cc4ccccc4cc3OCc3ccccc3)S2)cc1.[Na+]. The number of fused-ring (bicyclic) bond motifs is 1. The Morgan fingerprint density at radius 1 is 0.921 bits per heavy atom. The molecule has 4 aromatic rings. The molecule has 1 amide bonds. The van der Waals surface area contributed by atoms with Gasteiger partial charge in [0, 0.05) is 17.2 Å². The molecule has 1 aliphatic heterocycles. The van der Waals surface area contributed by atoms with Crippen LogP contribution in [0.4, 0.5) is 5.69 Å². The number of aliphatic imine (C=N–C) groups is 1. The Morgan fingerprint density at radius 2 is 1.61 bits per heavy atom. The molecule has 0 radical (unpaired) electrons. The van der Waals surface area contributed by atoms with Crippen molar-refractivity contribution in [2.45, 2.75) is 19.4 Å². The third kappa shape index (κ3) is 7.14. The fourth-order valence-corrected chi connectivity index (χ4v) is 4.76. The molecular formula is C30H23N2NaO4S. The molecular weight excluding hydrogens is 507 g/mol. The van der Waals surface area contributed by atoms with Gasteiger partial charge in [0.25, 0.3) is 5.91 Å². The molecule has 0 saturated heterocycles. The van der Waals surface area contributed by atoms with Crippen LogP contribution in [0.5, 0.6) is 5.75 Å². The maximum atomic E-state index is 12.7. The number of amides is 1. The molecule has 1 heterocycles. The molecule has 6 nitrogen and oxygen atoms in total. The van der Waals surface area contributed by atoms with Crippen LogP contribution < -0.4 is 44.7 Å². The van der Waals surface area contributed by atoms with Crippen LogP contribution >= 0.6 is 11.8 Å². The average Bonchev–Trinajstić information content (AvgIpc) is 3.25. The Balaban J connectivity index is 0.00000336. The molecule has 0 unspecified atom stereocenters. The van der Waals surface area contributed by atoms with Gasteiger partial charge in [-0.05, 0) is 76.8 Å². The monoisotopic (exact) mass is 530 g/mol. The number of carbonyl (C=O) groups excluding carboxylic acids is 2. The number of nitrogens with zero attached hydrogens (tertiary/aromatic N) is 1. The van der Waals surface area contributed by atoms with Gasteiger partial charge in [0.1, 0.15) is 12.4 Å². The van der Waals surface area contributed by atoms with E-state index in [1.165, 1.54) is 11.8 Å². The van der Waals surface area contributed by atoms with Crippen molar-refractivity contribution in [2.24, 2.45) is 4.99 Å². The summed E-state index contributed by atoms with van der Waals surface area (Å²) in [6.45, 7) is 0.415. The van der Waals surface area contributed by atoms with Crippen LogP contribution in [0.25, 0.3) is 16.8 Å². The minimum atomic E-state index is -1.07. The van der Waals surface area contributed by atoms with Crippen molar-refractivity contribution in [2.75, 3.05) is 5.32 Å². The van der Waals surface area contributed by atoms with Crippen LogP contribution in [0.3, 0.4) is 0 Å². The zero-order chi connectivity index (χ0) is 25.6. The first-order valence-electron chi connectivity index (χ1n) is 11.8. The first-order chi connectivity index (χ1) is 18.0. The van der Waals surface area contributed by atoms with E-state index in [4.69, 9.17) is 4.74 Å². The third-order valence-electron chi connectivity index (χ3n) is 5.85. The quantitative estimate of drug-likeness (QED) is 0.278. The van der Waals surface area contributed by atoms with E-state index < -0.39 is 5.97 Å². The molecule has 0 aromatic heterocycles. The van der Waals surface area contributed by atoms with E-state index in [1.807, 2.05) is 97.1 Å². The Morgan fingerprint density at radius 3 is 2.32 bits per heavy atom. The Kier molecular flexibility index (Phi) is 9.42. The van der Waals surface area contributed by atoms with Gasteiger partial charge >= 0.3 is 29.6 Å². The predicted molar refractivity (Wildman–Crippen MR) is 146 cm³/mol. The Bertz CT molecular complexity index is 1520. The summed E-state index contributed by atoms with van der Waals surface area (Å²) in [4.78, 5) is 28.0. The molecule has 0 aliphatic carbocycles. The Labute approximate surface area is 247 Å². The van der Waals surface area contributed by atoms with Crippen molar-refractivity contribution in [3.8, 4) is 5.75 Å². The van der Waals surface area contributed by atoms with E-state index in [2.05, 4.69) is 10.3 Å². The second kappa shape index (κ2) is 12.9. The summed E-state index contributed by atoms with van der Waals surface area (Å²) in [6.07, 6.45) is 2.20. The van der Waals surface area contributed by atoms with Crippen molar-refractivity contribution in [3.05, 3.63) is 113 Å². The predicted octanol–water partition coefficient (Wildman–Crippen LogP) is 2.19. The molecule has 184 valence electrons. The number of hydrogen-bond acceptors (Lipinski definition) is 6. The van der Waals surface area contributed by atoms with Gasteiger partial charge in [0.15, 0.2) is 5.17 Å². The first kappa shape index (κ1) is 27.7. The van der Waals surface area contributed by atoms with E-state index in [0.29, 0.717) is 28.9 Å². The average molecular weight is 531 g/mol. The standard InChI is InChI=1S/C30H24N2O4S.Na/c33-28(34)15-12-20-10-13-25(14-11-20)31-30-32-29(35)27(37-30)18-24-16-22-8-4-5-9-23(22)17-26(24)36-19-21-6-2-1-3-7-21;/h1-11,13-14,16-18H,12,15,19H2,(H,33,34)(H,31,32,35);/q;+1/p-1. The molecule has 8 heteroatoms. The number of hydrogen-bond donors (Lipinski definition) is 1. The number of aryl methyl sites for hydroxylation is 1. The second-order valence-electron chi connectivity index (χ2n) is 8.54. The maximum absolute atomic E-state index is 12.7. The number of carbonyl (C=O) groups is 2. The van der Waals surface area contributed by atoms with Gasteiger partial charge in [-0.2, -0.15) is 4.99 Å². The van der Waals surface area contributed by atoms with Gasteiger partial charge in [-0.15, -0.1) is 0 Å². The van der Waals surface area contributed by atoms with Crippen LogP contribution in [-0.2, 0) is 22.6 Å². The molecule has 0 atom stereocenters. The molecule has 38 heavy (non-hydrogen) atoms. The molecule has 1 aliphatic rings. The molecule has 0 bridgehead atoms. The van der Waals surface area contributed by atoms with Gasteiger partial charge in [-0.3, -0.25) is 4.79 Å². The van der Waals surface area contributed by atoms with Gasteiger partial charge in [-0.25, -0.2) is 0 Å². The number of rotatable bonds is 8. The van der Waals surface area contributed by atoms with E-state index >= 15 is 0 Å². The van der Waals surface area contributed by atoms with Crippen LogP contribution in [0.2, 0.25) is 0 Å². The van der Waals surface area contributed by atoms with Crippen molar-refractivity contribution < 1.29 is 49.0 Å². The maximum Gasteiger partial charge on any atom is 1.00 e. The number of benzene rings is 4. The minimum Gasteiger partial charge on any atom is -0.550 e. The van der Waals surface area contributed by atoms with Crippen LogP contribution in [0, 0.1) is 0 Å². The van der Waals surface area contributed by atoms with E-state index in [9.17, 15) is 14.7 Å². The number of amidine groups is 1. The number of carboxylic acids is 1. The van der Waals surface area contributed by atoms with Gasteiger partial charge in [-0.1, -0.05) is 66.7 Å². The summed E-state index contributed by atoms with van der Waals surface area (Å²) < 4.78 is 6.19. The Hall–Kier alpha value is -3.36. The van der Waals surface area contributed by atoms with E-state index in [-0.39, 0.29) is 41.9 Å². The number of anilines is 1. The van der Waals surface area contributed by atoms with Gasteiger partial charge in [0.05, 0.1) is 4.91 Å². The zero-order valence-corrected chi connectivity index (χ0v) is 23.7. The molecule has 0 fully saturated rings.